The topological polar surface area (TPSA) is 66.5 Å². The molecule has 146 valence electrons. The van der Waals surface area contributed by atoms with Crippen LogP contribution in [0.25, 0.3) is 0 Å². The van der Waals surface area contributed by atoms with Gasteiger partial charge in [0.15, 0.2) is 0 Å². The third-order valence-electron chi connectivity index (χ3n) is 4.06. The molecule has 27 heavy (non-hydrogen) atoms. The molecule has 0 aliphatic heterocycles. The number of anilines is 1. The average Bonchev–Trinajstić information content (AvgIpc) is 2.60. The Bertz CT molecular complexity index is 915. The van der Waals surface area contributed by atoms with Gasteiger partial charge in [-0.15, -0.1) is 0 Å². The maximum Gasteiger partial charge on any atom is 0.244 e. The Morgan fingerprint density at radius 3 is 2.33 bits per heavy atom. The van der Waals surface area contributed by atoms with Crippen LogP contribution in [0, 0.1) is 6.92 Å². The predicted octanol–water partition coefficient (Wildman–Crippen LogP) is 4.16. The standard InChI is InChI=1S/C19H22Cl2N2O3S/c1-4-17(19(24)22-12-14-7-5-13(2)6-8-14)23(27(3,25)26)18-11-15(20)9-10-16(18)21/h5-11,17H,4,12H2,1-3H3,(H,22,24). The van der Waals surface area contributed by atoms with Gasteiger partial charge in [0, 0.05) is 11.6 Å². The van der Waals surface area contributed by atoms with Crippen molar-refractivity contribution in [3.63, 3.8) is 0 Å². The lowest BCUT2D eigenvalue weighted by Crippen LogP contribution is -2.49. The van der Waals surface area contributed by atoms with Gasteiger partial charge >= 0.3 is 0 Å². The number of carbonyl (C=O) groups excluding carboxylic acids is 1. The zero-order valence-electron chi connectivity index (χ0n) is 15.4. The van der Waals surface area contributed by atoms with E-state index in [2.05, 4.69) is 5.32 Å². The highest BCUT2D eigenvalue weighted by Gasteiger charge is 2.32. The fraction of sp³-hybridized carbons (Fsp3) is 0.316. The Balaban J connectivity index is 2.30. The van der Waals surface area contributed by atoms with Crippen LogP contribution in [0.4, 0.5) is 5.69 Å². The number of hydrogen-bond donors (Lipinski definition) is 1. The molecule has 0 radical (unpaired) electrons. The van der Waals surface area contributed by atoms with Gasteiger partial charge in [-0.3, -0.25) is 9.10 Å². The Hall–Kier alpha value is -1.76. The number of nitrogens with zero attached hydrogens (tertiary/aromatic N) is 1. The number of hydrogen-bond acceptors (Lipinski definition) is 3. The molecular formula is C19H22Cl2N2O3S. The van der Waals surface area contributed by atoms with Crippen molar-refractivity contribution in [3.05, 3.63) is 63.6 Å². The van der Waals surface area contributed by atoms with E-state index in [1.165, 1.54) is 12.1 Å². The van der Waals surface area contributed by atoms with E-state index in [9.17, 15) is 13.2 Å². The predicted molar refractivity (Wildman–Crippen MR) is 111 cm³/mol. The minimum absolute atomic E-state index is 0.184. The van der Waals surface area contributed by atoms with E-state index >= 15 is 0 Å². The third-order valence-corrected chi connectivity index (χ3v) is 5.78. The summed E-state index contributed by atoms with van der Waals surface area (Å²) in [6.07, 6.45) is 1.32. The number of aryl methyl sites for hydroxylation is 1. The number of halogens is 2. The zero-order chi connectivity index (χ0) is 20.2. The van der Waals surface area contributed by atoms with Crippen molar-refractivity contribution in [2.75, 3.05) is 10.6 Å². The molecule has 1 N–H and O–H groups in total. The van der Waals surface area contributed by atoms with Crippen molar-refractivity contribution in [3.8, 4) is 0 Å². The van der Waals surface area contributed by atoms with Gasteiger partial charge in [-0.2, -0.15) is 0 Å². The van der Waals surface area contributed by atoms with Crippen LogP contribution in [0.15, 0.2) is 42.5 Å². The van der Waals surface area contributed by atoms with E-state index < -0.39 is 22.0 Å². The summed E-state index contributed by atoms with van der Waals surface area (Å²) in [5.41, 5.74) is 2.23. The number of sulfonamides is 1. The van der Waals surface area contributed by atoms with Crippen LogP contribution in [0.5, 0.6) is 0 Å². The number of carbonyl (C=O) groups is 1. The van der Waals surface area contributed by atoms with Gasteiger partial charge < -0.3 is 5.32 Å². The van der Waals surface area contributed by atoms with Gasteiger partial charge in [0.25, 0.3) is 0 Å². The van der Waals surface area contributed by atoms with Crippen LogP contribution in [0.2, 0.25) is 10.0 Å². The van der Waals surface area contributed by atoms with E-state index in [1.54, 1.807) is 13.0 Å². The van der Waals surface area contributed by atoms with Crippen LogP contribution in [0.1, 0.15) is 24.5 Å². The summed E-state index contributed by atoms with van der Waals surface area (Å²) in [5.74, 6) is -0.403. The molecule has 0 bridgehead atoms. The molecule has 0 spiro atoms. The number of benzene rings is 2. The van der Waals surface area contributed by atoms with Crippen LogP contribution in [0.3, 0.4) is 0 Å². The molecule has 0 heterocycles. The summed E-state index contributed by atoms with van der Waals surface area (Å²) in [6, 6.07) is 11.3. The monoisotopic (exact) mass is 428 g/mol. The summed E-state index contributed by atoms with van der Waals surface area (Å²) in [4.78, 5) is 12.8. The van der Waals surface area contributed by atoms with E-state index in [4.69, 9.17) is 23.2 Å². The lowest BCUT2D eigenvalue weighted by Gasteiger charge is -2.30. The highest BCUT2D eigenvalue weighted by molar-refractivity contribution is 7.92. The van der Waals surface area contributed by atoms with Crippen molar-refractivity contribution in [1.29, 1.82) is 0 Å². The summed E-state index contributed by atoms with van der Waals surface area (Å²) >= 11 is 12.2. The molecule has 0 saturated heterocycles. The van der Waals surface area contributed by atoms with Crippen LogP contribution < -0.4 is 9.62 Å². The molecule has 2 rings (SSSR count). The second-order valence-corrected chi connectivity index (χ2v) is 8.99. The maximum absolute atomic E-state index is 12.8. The van der Waals surface area contributed by atoms with Gasteiger partial charge in [-0.05, 0) is 37.1 Å². The van der Waals surface area contributed by atoms with Gasteiger partial charge in [0.1, 0.15) is 6.04 Å². The van der Waals surface area contributed by atoms with E-state index in [-0.39, 0.29) is 17.1 Å². The summed E-state index contributed by atoms with van der Waals surface area (Å²) in [7, 11) is -3.77. The van der Waals surface area contributed by atoms with Crippen LogP contribution in [-0.2, 0) is 21.4 Å². The minimum Gasteiger partial charge on any atom is -0.350 e. The minimum atomic E-state index is -3.77. The SMILES string of the molecule is CCC(C(=O)NCc1ccc(C)cc1)N(c1cc(Cl)ccc1Cl)S(C)(=O)=O. The quantitative estimate of drug-likeness (QED) is 0.719. The van der Waals surface area contributed by atoms with Gasteiger partial charge in [-0.25, -0.2) is 8.42 Å². The molecule has 0 aromatic heterocycles. The average molecular weight is 429 g/mol. The number of rotatable bonds is 7. The normalized spacial score (nSPS) is 12.5. The number of nitrogens with one attached hydrogen (secondary N) is 1. The molecule has 8 heteroatoms. The van der Waals surface area contributed by atoms with Gasteiger partial charge in [-0.1, -0.05) is 60.0 Å². The highest BCUT2D eigenvalue weighted by atomic mass is 35.5. The molecule has 1 amide bonds. The first-order valence-corrected chi connectivity index (χ1v) is 11.0. The first kappa shape index (κ1) is 21.5. The first-order valence-electron chi connectivity index (χ1n) is 8.41. The van der Waals surface area contributed by atoms with E-state index in [0.717, 1.165) is 21.7 Å². The van der Waals surface area contributed by atoms with Crippen LogP contribution in [-0.4, -0.2) is 26.6 Å². The molecule has 1 unspecified atom stereocenters. The van der Waals surface area contributed by atoms with Crippen molar-refractivity contribution in [2.24, 2.45) is 0 Å². The molecular weight excluding hydrogens is 407 g/mol. The summed E-state index contributed by atoms with van der Waals surface area (Å²) in [6.45, 7) is 4.03. The third kappa shape index (κ3) is 5.61. The molecule has 0 fully saturated rings. The summed E-state index contributed by atoms with van der Waals surface area (Å²) < 4.78 is 25.9. The smallest absolute Gasteiger partial charge is 0.244 e. The Morgan fingerprint density at radius 2 is 1.78 bits per heavy atom. The van der Waals surface area contributed by atoms with Crippen molar-refractivity contribution in [2.45, 2.75) is 32.9 Å². The second-order valence-electron chi connectivity index (χ2n) is 6.28. The fourth-order valence-electron chi connectivity index (χ4n) is 2.70. The molecule has 2 aromatic rings. The second kappa shape index (κ2) is 8.95. The molecule has 0 aliphatic carbocycles. The van der Waals surface area contributed by atoms with Crippen molar-refractivity contribution < 1.29 is 13.2 Å². The first-order chi connectivity index (χ1) is 12.6. The largest absolute Gasteiger partial charge is 0.350 e. The Kier molecular flexibility index (Phi) is 7.14. The zero-order valence-corrected chi connectivity index (χ0v) is 17.7. The van der Waals surface area contributed by atoms with Gasteiger partial charge in [0.05, 0.1) is 17.0 Å². The van der Waals surface area contributed by atoms with Crippen molar-refractivity contribution in [1.82, 2.24) is 5.32 Å². The molecule has 1 atom stereocenters. The lowest BCUT2D eigenvalue weighted by atomic mass is 10.1. The Labute approximate surface area is 170 Å². The molecule has 5 nitrogen and oxygen atoms in total. The lowest BCUT2D eigenvalue weighted by molar-refractivity contribution is -0.122. The van der Waals surface area contributed by atoms with Gasteiger partial charge in [0.2, 0.25) is 15.9 Å². The number of amides is 1. The van der Waals surface area contributed by atoms with Crippen molar-refractivity contribution >= 4 is 44.8 Å². The Morgan fingerprint density at radius 1 is 1.15 bits per heavy atom. The maximum atomic E-state index is 12.8. The molecule has 2 aromatic carbocycles. The molecule has 0 aliphatic rings. The fourth-order valence-corrected chi connectivity index (χ4v) is 4.34. The van der Waals surface area contributed by atoms with E-state index in [0.29, 0.717) is 11.6 Å². The summed E-state index contributed by atoms with van der Waals surface area (Å²) in [5, 5.41) is 3.34. The van der Waals surface area contributed by atoms with Crippen LogP contribution >= 0.6 is 23.2 Å². The van der Waals surface area contributed by atoms with E-state index in [1.807, 2.05) is 31.2 Å². The highest BCUT2D eigenvalue weighted by Crippen LogP contribution is 2.32. The molecule has 0 saturated carbocycles.